The van der Waals surface area contributed by atoms with Crippen LogP contribution in [0.15, 0.2) is 0 Å². The first-order chi connectivity index (χ1) is 12.9. The zero-order valence-electron chi connectivity index (χ0n) is 17.7. The summed E-state index contributed by atoms with van der Waals surface area (Å²) >= 11 is 0. The Hall–Kier alpha value is -1.48. The van der Waals surface area contributed by atoms with Crippen LogP contribution in [0.25, 0.3) is 0 Å². The van der Waals surface area contributed by atoms with E-state index in [1.807, 2.05) is 13.8 Å². The van der Waals surface area contributed by atoms with Gasteiger partial charge in [-0.2, -0.15) is 8.42 Å². The highest BCUT2D eigenvalue weighted by atomic mass is 32.2. The van der Waals surface area contributed by atoms with E-state index in [0.29, 0.717) is 25.7 Å². The zero-order valence-corrected chi connectivity index (χ0v) is 18.5. The van der Waals surface area contributed by atoms with Crippen LogP contribution < -0.4 is 0 Å². The van der Waals surface area contributed by atoms with Gasteiger partial charge >= 0.3 is 11.9 Å². The molecule has 0 spiro atoms. The maximum Gasteiger partial charge on any atom is 0.309 e. The second-order valence-corrected chi connectivity index (χ2v) is 11.6. The van der Waals surface area contributed by atoms with Crippen molar-refractivity contribution in [3.8, 4) is 0 Å². The van der Waals surface area contributed by atoms with Gasteiger partial charge < -0.3 is 10.2 Å². The number of carboxylic acid groups (broad SMARTS) is 2. The summed E-state index contributed by atoms with van der Waals surface area (Å²) in [5, 5.41) is 18.1. The fraction of sp³-hybridized carbons (Fsp3) is 0.850. The van der Waals surface area contributed by atoms with E-state index in [1.165, 1.54) is 0 Å². The number of carboxylic acids is 2. The van der Waals surface area contributed by atoms with E-state index in [1.54, 1.807) is 20.8 Å². The minimum atomic E-state index is -4.08. The first kappa shape index (κ1) is 23.8. The molecule has 9 heteroatoms. The molecule has 3 rings (SSSR count). The number of aliphatic carboxylic acids is 2. The van der Waals surface area contributed by atoms with Crippen LogP contribution in [0.4, 0.5) is 0 Å². The highest BCUT2D eigenvalue weighted by Gasteiger charge is 2.65. The summed E-state index contributed by atoms with van der Waals surface area (Å²) in [4.78, 5) is 33.9. The smallest absolute Gasteiger partial charge is 0.309 e. The van der Waals surface area contributed by atoms with E-state index in [9.17, 15) is 22.8 Å². The van der Waals surface area contributed by atoms with Crippen molar-refractivity contribution in [2.45, 2.75) is 66.7 Å². The molecule has 0 radical (unpaired) electrons. The molecule has 0 aromatic heterocycles. The number of carbonyl (C=O) groups is 3. The van der Waals surface area contributed by atoms with Gasteiger partial charge in [-0.1, -0.05) is 27.7 Å². The second-order valence-electron chi connectivity index (χ2n) is 10.2. The second kappa shape index (κ2) is 7.04. The van der Waals surface area contributed by atoms with Crippen LogP contribution in [-0.2, 0) is 24.5 Å². The maximum atomic E-state index is 11.9. The summed E-state index contributed by atoms with van der Waals surface area (Å²) < 4.78 is 31.0. The number of fused-ring (bicyclic) bond motifs is 2. The zero-order chi connectivity index (χ0) is 22.6. The molecule has 29 heavy (non-hydrogen) atoms. The number of rotatable bonds is 4. The number of ketones is 1. The van der Waals surface area contributed by atoms with Gasteiger partial charge in [-0.25, -0.2) is 0 Å². The molecule has 0 heterocycles. The van der Waals surface area contributed by atoms with E-state index < -0.39 is 50.0 Å². The Kier molecular flexibility index (Phi) is 5.78. The molecule has 0 aromatic rings. The molecule has 0 aliphatic heterocycles. The summed E-state index contributed by atoms with van der Waals surface area (Å²) in [7, 11) is -4.08. The van der Waals surface area contributed by atoms with Gasteiger partial charge in [-0.15, -0.1) is 0 Å². The largest absolute Gasteiger partial charge is 0.481 e. The van der Waals surface area contributed by atoms with Gasteiger partial charge in [-0.05, 0) is 49.4 Å². The Bertz CT molecular complexity index is 827. The Morgan fingerprint density at radius 1 is 1.00 bits per heavy atom. The summed E-state index contributed by atoms with van der Waals surface area (Å²) in [5.41, 5.74) is -2.73. The van der Waals surface area contributed by atoms with Crippen molar-refractivity contribution >= 4 is 27.8 Å². The van der Waals surface area contributed by atoms with Crippen LogP contribution in [0, 0.1) is 33.5 Å². The molecule has 3 fully saturated rings. The molecule has 2 bridgehead atoms. The van der Waals surface area contributed by atoms with Gasteiger partial charge in [0, 0.05) is 6.42 Å². The molecule has 3 saturated carbocycles. The third-order valence-corrected chi connectivity index (χ3v) is 9.42. The first-order valence-electron chi connectivity index (χ1n) is 9.87. The average molecular weight is 433 g/mol. The molecule has 166 valence electrons. The minimum absolute atomic E-state index is 0.0152. The van der Waals surface area contributed by atoms with Gasteiger partial charge in [0.2, 0.25) is 0 Å². The van der Waals surface area contributed by atoms with E-state index >= 15 is 0 Å². The standard InChI is InChI=1S/C10H16O4S.C10H16O4/c1-9(2)7-3-4-10(9,8(11)5-7)6-15(12,13)14;1-9(2)6(7(11)12)4-5-10(9,3)8(13)14/h7H,3-6H2,1-2H3,(H,12,13,14);6H,4-5H2,1-3H3,(H,11,12)(H,13,14). The lowest BCUT2D eigenvalue weighted by Gasteiger charge is -2.36. The van der Waals surface area contributed by atoms with E-state index in [-0.39, 0.29) is 17.1 Å². The van der Waals surface area contributed by atoms with E-state index in [4.69, 9.17) is 14.8 Å². The molecule has 8 nitrogen and oxygen atoms in total. The monoisotopic (exact) mass is 432 g/mol. The van der Waals surface area contributed by atoms with Crippen molar-refractivity contribution < 1.29 is 37.6 Å². The number of Topliss-reactive ketones (excluding diaryl/α,β-unsaturated/α-hetero) is 1. The minimum Gasteiger partial charge on any atom is -0.481 e. The van der Waals surface area contributed by atoms with E-state index in [2.05, 4.69) is 0 Å². The topological polar surface area (TPSA) is 146 Å². The molecule has 0 saturated heterocycles. The lowest BCUT2D eigenvalue weighted by molar-refractivity contribution is -0.157. The van der Waals surface area contributed by atoms with Crippen molar-refractivity contribution in [1.29, 1.82) is 0 Å². The van der Waals surface area contributed by atoms with Gasteiger partial charge in [-0.3, -0.25) is 18.9 Å². The average Bonchev–Trinajstić information content (AvgIpc) is 2.99. The van der Waals surface area contributed by atoms with Gasteiger partial charge in [0.25, 0.3) is 10.1 Å². The fourth-order valence-electron chi connectivity index (χ4n) is 5.73. The van der Waals surface area contributed by atoms with Crippen molar-refractivity contribution in [1.82, 2.24) is 0 Å². The van der Waals surface area contributed by atoms with Crippen molar-refractivity contribution in [2.75, 3.05) is 5.75 Å². The number of hydrogen-bond acceptors (Lipinski definition) is 5. The van der Waals surface area contributed by atoms with Crippen molar-refractivity contribution in [3.05, 3.63) is 0 Å². The molecule has 0 aromatic carbocycles. The first-order valence-corrected chi connectivity index (χ1v) is 11.5. The Morgan fingerprint density at radius 2 is 1.55 bits per heavy atom. The van der Waals surface area contributed by atoms with Crippen LogP contribution >= 0.6 is 0 Å². The molecule has 0 amide bonds. The lowest BCUT2D eigenvalue weighted by atomic mass is 9.66. The van der Waals surface area contributed by atoms with Gasteiger partial charge in [0.1, 0.15) is 5.78 Å². The Labute approximate surface area is 171 Å². The Balaban J connectivity index is 0.000000208. The van der Waals surface area contributed by atoms with Gasteiger partial charge in [0.05, 0.1) is 22.5 Å². The molecule has 3 aliphatic carbocycles. The van der Waals surface area contributed by atoms with Crippen molar-refractivity contribution in [3.63, 3.8) is 0 Å². The van der Waals surface area contributed by atoms with Crippen LogP contribution in [0.2, 0.25) is 0 Å². The Morgan fingerprint density at radius 3 is 1.83 bits per heavy atom. The molecule has 4 atom stereocenters. The third kappa shape index (κ3) is 3.60. The van der Waals surface area contributed by atoms with Crippen LogP contribution in [0.5, 0.6) is 0 Å². The highest BCUT2D eigenvalue weighted by molar-refractivity contribution is 7.85. The summed E-state index contributed by atoms with van der Waals surface area (Å²) in [6, 6.07) is 0. The van der Waals surface area contributed by atoms with Crippen LogP contribution in [0.1, 0.15) is 66.7 Å². The molecule has 3 N–H and O–H groups in total. The van der Waals surface area contributed by atoms with Gasteiger partial charge in [0.15, 0.2) is 0 Å². The molecule has 3 aliphatic rings. The fourth-order valence-corrected chi connectivity index (χ4v) is 7.03. The van der Waals surface area contributed by atoms with Crippen LogP contribution in [0.3, 0.4) is 0 Å². The number of hydrogen-bond donors (Lipinski definition) is 3. The predicted octanol–water partition coefficient (Wildman–Crippen LogP) is 2.87. The van der Waals surface area contributed by atoms with Crippen LogP contribution in [-0.4, -0.2) is 46.7 Å². The quantitative estimate of drug-likeness (QED) is 0.575. The summed E-state index contributed by atoms with van der Waals surface area (Å²) in [6.07, 6.45) is 2.86. The third-order valence-electron chi connectivity index (χ3n) is 8.56. The maximum absolute atomic E-state index is 11.9. The molecule has 4 unspecified atom stereocenters. The van der Waals surface area contributed by atoms with Crippen molar-refractivity contribution in [2.24, 2.45) is 33.5 Å². The predicted molar refractivity (Wildman–Crippen MR) is 105 cm³/mol. The number of carbonyl (C=O) groups excluding carboxylic acids is 1. The summed E-state index contributed by atoms with van der Waals surface area (Å²) in [5.74, 6) is -2.44. The molecular weight excluding hydrogens is 400 g/mol. The highest BCUT2D eigenvalue weighted by Crippen LogP contribution is 2.64. The normalized spacial score (nSPS) is 37.1. The lowest BCUT2D eigenvalue weighted by Crippen LogP contribution is -2.42. The SMILES string of the molecule is CC1(C(=O)O)CCC(C(=O)O)C1(C)C.CC1(C)C2CCC1(CS(=O)(=O)O)C(=O)C2. The summed E-state index contributed by atoms with van der Waals surface area (Å²) in [6.45, 7) is 8.99. The van der Waals surface area contributed by atoms with E-state index in [0.717, 1.165) is 6.42 Å². The molecular formula is C20H32O8S.